The zero-order valence-electron chi connectivity index (χ0n) is 8.36. The van der Waals surface area contributed by atoms with Gasteiger partial charge in [0.25, 0.3) is 0 Å². The Labute approximate surface area is 77.8 Å². The maximum Gasteiger partial charge on any atom is 0.00886 e. The normalized spacial score (nSPS) is 9.17. The second-order valence-electron chi connectivity index (χ2n) is 3.12. The number of hydrogen-bond donors (Lipinski definition) is 0. The quantitative estimate of drug-likeness (QED) is 0.413. The van der Waals surface area contributed by atoms with Crippen LogP contribution in [-0.4, -0.2) is 0 Å². The minimum atomic E-state index is 1.07. The fourth-order valence-electron chi connectivity index (χ4n) is 1.01. The fourth-order valence-corrected chi connectivity index (χ4v) is 1.01. The zero-order valence-corrected chi connectivity index (χ0v) is 8.36. The van der Waals surface area contributed by atoms with Gasteiger partial charge in [0.1, 0.15) is 0 Å². The molecule has 0 fully saturated rings. The van der Waals surface area contributed by atoms with Crippen LogP contribution in [0.2, 0.25) is 0 Å². The Morgan fingerprint density at radius 1 is 0.917 bits per heavy atom. The molecular formula is C12H21. The Balaban J connectivity index is 2.99. The molecule has 0 atom stereocenters. The van der Waals surface area contributed by atoms with Crippen molar-refractivity contribution in [2.75, 3.05) is 0 Å². The average Bonchev–Trinajstić information content (AvgIpc) is 2.10. The smallest absolute Gasteiger partial charge is 0.00886 e. The predicted molar refractivity (Wildman–Crippen MR) is 55.7 cm³/mol. The van der Waals surface area contributed by atoms with Gasteiger partial charge in [0.2, 0.25) is 0 Å². The van der Waals surface area contributed by atoms with Crippen molar-refractivity contribution in [1.82, 2.24) is 0 Å². The van der Waals surface area contributed by atoms with E-state index in [0.717, 1.165) is 19.3 Å². The van der Waals surface area contributed by atoms with Crippen LogP contribution >= 0.6 is 0 Å². The van der Waals surface area contributed by atoms with E-state index in [1.165, 1.54) is 32.1 Å². The van der Waals surface area contributed by atoms with E-state index in [9.17, 15) is 0 Å². The van der Waals surface area contributed by atoms with Gasteiger partial charge in [-0.1, -0.05) is 39.5 Å². The van der Waals surface area contributed by atoms with Crippen molar-refractivity contribution in [3.05, 3.63) is 6.92 Å². The second kappa shape index (κ2) is 10.6. The molecule has 0 saturated carbocycles. The SMILES string of the molecule is [CH2]CCCCCC#CCCCC. The molecule has 0 aromatic rings. The van der Waals surface area contributed by atoms with E-state index in [-0.39, 0.29) is 0 Å². The summed E-state index contributed by atoms with van der Waals surface area (Å²) in [7, 11) is 0. The Kier molecular flexibility index (Phi) is 10.2. The van der Waals surface area contributed by atoms with Gasteiger partial charge in [0.05, 0.1) is 0 Å². The summed E-state index contributed by atoms with van der Waals surface area (Å²) < 4.78 is 0. The highest BCUT2D eigenvalue weighted by Crippen LogP contribution is 2.01. The van der Waals surface area contributed by atoms with Gasteiger partial charge in [-0.15, -0.1) is 11.8 Å². The molecule has 0 rings (SSSR count). The molecule has 0 amide bonds. The minimum absolute atomic E-state index is 1.07. The predicted octanol–water partition coefficient (Wildman–Crippen LogP) is 3.96. The minimum Gasteiger partial charge on any atom is -0.103 e. The first kappa shape index (κ1) is 11.6. The van der Waals surface area contributed by atoms with Crippen molar-refractivity contribution < 1.29 is 0 Å². The van der Waals surface area contributed by atoms with E-state index in [1.807, 2.05) is 0 Å². The van der Waals surface area contributed by atoms with Crippen LogP contribution in [0.1, 0.15) is 58.3 Å². The molecule has 0 aromatic carbocycles. The summed E-state index contributed by atoms with van der Waals surface area (Å²) >= 11 is 0. The Hall–Kier alpha value is -0.440. The maximum atomic E-state index is 3.81. The monoisotopic (exact) mass is 165 g/mol. The highest BCUT2D eigenvalue weighted by molar-refractivity contribution is 4.98. The third-order valence-corrected chi connectivity index (χ3v) is 1.83. The van der Waals surface area contributed by atoms with Gasteiger partial charge >= 0.3 is 0 Å². The zero-order chi connectivity index (χ0) is 9.07. The number of unbranched alkanes of at least 4 members (excludes halogenated alkanes) is 6. The van der Waals surface area contributed by atoms with E-state index in [4.69, 9.17) is 0 Å². The van der Waals surface area contributed by atoms with Gasteiger partial charge < -0.3 is 0 Å². The van der Waals surface area contributed by atoms with Crippen LogP contribution in [0.25, 0.3) is 0 Å². The van der Waals surface area contributed by atoms with E-state index in [0.29, 0.717) is 0 Å². The first-order valence-electron chi connectivity index (χ1n) is 5.16. The lowest BCUT2D eigenvalue weighted by atomic mass is 10.1. The molecule has 0 aliphatic heterocycles. The Bertz CT molecular complexity index is 125. The van der Waals surface area contributed by atoms with E-state index in [1.54, 1.807) is 0 Å². The maximum absolute atomic E-state index is 3.81. The van der Waals surface area contributed by atoms with Gasteiger partial charge in [-0.05, 0) is 12.8 Å². The van der Waals surface area contributed by atoms with Crippen LogP contribution in [0.3, 0.4) is 0 Å². The van der Waals surface area contributed by atoms with Crippen molar-refractivity contribution in [3.63, 3.8) is 0 Å². The molecule has 12 heavy (non-hydrogen) atoms. The van der Waals surface area contributed by atoms with Gasteiger partial charge in [0, 0.05) is 12.8 Å². The highest BCUT2D eigenvalue weighted by atomic mass is 13.9. The summed E-state index contributed by atoms with van der Waals surface area (Å²) in [6.07, 6.45) is 9.58. The molecule has 0 saturated heterocycles. The molecule has 0 N–H and O–H groups in total. The molecule has 0 aliphatic carbocycles. The summed E-state index contributed by atoms with van der Waals surface area (Å²) in [6.45, 7) is 6.01. The third kappa shape index (κ3) is 9.56. The lowest BCUT2D eigenvalue weighted by molar-refractivity contribution is 0.700. The van der Waals surface area contributed by atoms with Gasteiger partial charge in [-0.3, -0.25) is 0 Å². The van der Waals surface area contributed by atoms with Gasteiger partial charge in [-0.2, -0.15) is 0 Å². The van der Waals surface area contributed by atoms with Crippen LogP contribution in [0.15, 0.2) is 0 Å². The lowest BCUT2D eigenvalue weighted by Crippen LogP contribution is -1.74. The molecule has 0 nitrogen and oxygen atoms in total. The number of hydrogen-bond acceptors (Lipinski definition) is 0. The van der Waals surface area contributed by atoms with Crippen LogP contribution in [0, 0.1) is 18.8 Å². The molecule has 69 valence electrons. The molecule has 1 radical (unpaired) electrons. The van der Waals surface area contributed by atoms with Crippen molar-refractivity contribution in [2.24, 2.45) is 0 Å². The summed E-state index contributed by atoms with van der Waals surface area (Å²) in [5.74, 6) is 6.41. The van der Waals surface area contributed by atoms with Crippen LogP contribution in [0.4, 0.5) is 0 Å². The molecule has 0 aliphatic rings. The molecular weight excluding hydrogens is 144 g/mol. The van der Waals surface area contributed by atoms with Gasteiger partial charge in [0.15, 0.2) is 0 Å². The lowest BCUT2D eigenvalue weighted by Gasteiger charge is -1.91. The van der Waals surface area contributed by atoms with Crippen molar-refractivity contribution >= 4 is 0 Å². The molecule has 0 spiro atoms. The van der Waals surface area contributed by atoms with Gasteiger partial charge in [-0.25, -0.2) is 0 Å². The second-order valence-corrected chi connectivity index (χ2v) is 3.12. The first-order chi connectivity index (χ1) is 5.91. The highest BCUT2D eigenvalue weighted by Gasteiger charge is 1.83. The van der Waals surface area contributed by atoms with E-state index < -0.39 is 0 Å². The largest absolute Gasteiger partial charge is 0.103 e. The topological polar surface area (TPSA) is 0 Å². The van der Waals surface area contributed by atoms with Crippen LogP contribution in [0.5, 0.6) is 0 Å². The van der Waals surface area contributed by atoms with E-state index in [2.05, 4.69) is 25.7 Å². The van der Waals surface area contributed by atoms with Crippen molar-refractivity contribution in [2.45, 2.75) is 58.3 Å². The fraction of sp³-hybridized carbons (Fsp3) is 0.750. The molecule has 0 unspecified atom stereocenters. The molecule has 0 heterocycles. The van der Waals surface area contributed by atoms with Crippen LogP contribution in [-0.2, 0) is 0 Å². The summed E-state index contributed by atoms with van der Waals surface area (Å²) in [5, 5.41) is 0. The van der Waals surface area contributed by atoms with Crippen molar-refractivity contribution in [3.8, 4) is 11.8 Å². The summed E-state index contributed by atoms with van der Waals surface area (Å²) in [4.78, 5) is 0. The van der Waals surface area contributed by atoms with E-state index >= 15 is 0 Å². The van der Waals surface area contributed by atoms with Crippen molar-refractivity contribution in [1.29, 1.82) is 0 Å². The molecule has 0 bridgehead atoms. The summed E-state index contributed by atoms with van der Waals surface area (Å²) in [6, 6.07) is 0. The summed E-state index contributed by atoms with van der Waals surface area (Å²) in [5.41, 5.74) is 0. The third-order valence-electron chi connectivity index (χ3n) is 1.83. The first-order valence-corrected chi connectivity index (χ1v) is 5.16. The standard InChI is InChI=1S/C12H21/c1-3-5-7-9-11-12-10-8-6-4-2/h1,3-9,11H2,2H3. The molecule has 0 aromatic heterocycles. The van der Waals surface area contributed by atoms with Crippen LogP contribution < -0.4 is 0 Å². The Morgan fingerprint density at radius 2 is 1.58 bits per heavy atom. The average molecular weight is 165 g/mol. The molecule has 0 heteroatoms. The number of rotatable bonds is 6. The Morgan fingerprint density at radius 3 is 2.17 bits per heavy atom.